The molecule has 0 bridgehead atoms. The third kappa shape index (κ3) is 10.4. The molecule has 1 amide bonds. The molecule has 14 heteroatoms. The van der Waals surface area contributed by atoms with E-state index in [1.807, 2.05) is 13.8 Å². The quantitative estimate of drug-likeness (QED) is 0.139. The Bertz CT molecular complexity index is 553. The highest BCUT2D eigenvalue weighted by atomic mass is 33.1. The van der Waals surface area contributed by atoms with Gasteiger partial charge >= 0.3 is 5.97 Å². The van der Waals surface area contributed by atoms with Crippen molar-refractivity contribution in [1.82, 2.24) is 4.90 Å². The molecule has 0 aromatic carbocycles. The molecule has 0 aromatic rings. The highest BCUT2D eigenvalue weighted by molar-refractivity contribution is 8.76. The van der Waals surface area contributed by atoms with E-state index in [4.69, 9.17) is 4.74 Å². The molecular formula is C15H27N3O9S2. The molecule has 0 N–H and O–H groups in total. The highest BCUT2D eigenvalue weighted by Gasteiger charge is 2.36. The summed E-state index contributed by atoms with van der Waals surface area (Å²) < 4.78 is 4.72. The number of hydrogen-bond donors (Lipinski definition) is 0. The van der Waals surface area contributed by atoms with Crippen LogP contribution < -0.4 is 0 Å². The molecule has 168 valence electrons. The van der Waals surface area contributed by atoms with Crippen molar-refractivity contribution >= 4 is 33.5 Å². The number of amides is 1. The maximum atomic E-state index is 12.5. The molecule has 0 saturated carbocycles. The topological polar surface area (TPSA) is 151 Å². The van der Waals surface area contributed by atoms with Gasteiger partial charge in [-0.3, -0.25) is 4.79 Å². The highest BCUT2D eigenvalue weighted by Crippen LogP contribution is 2.28. The summed E-state index contributed by atoms with van der Waals surface area (Å²) in [5, 5.41) is 18.5. The van der Waals surface area contributed by atoms with Gasteiger partial charge in [-0.2, -0.15) is 0 Å². The minimum atomic E-state index is -1.10. The van der Waals surface area contributed by atoms with Gasteiger partial charge in [0.25, 0.3) is 10.2 Å². The predicted molar refractivity (Wildman–Crippen MR) is 107 cm³/mol. The molecule has 1 fully saturated rings. The Morgan fingerprint density at radius 1 is 1.17 bits per heavy atom. The molecule has 0 spiro atoms. The summed E-state index contributed by atoms with van der Waals surface area (Å²) in [6, 6.07) is -0.556. The van der Waals surface area contributed by atoms with E-state index in [1.54, 1.807) is 6.92 Å². The van der Waals surface area contributed by atoms with E-state index in [1.165, 1.54) is 33.6 Å². The zero-order chi connectivity index (χ0) is 22.4. The van der Waals surface area contributed by atoms with Crippen LogP contribution in [0.5, 0.6) is 0 Å². The van der Waals surface area contributed by atoms with Crippen LogP contribution in [-0.4, -0.2) is 70.9 Å². The lowest BCUT2D eigenvalue weighted by atomic mass is 10.1. The minimum absolute atomic E-state index is 0.0644. The third-order valence-electron chi connectivity index (χ3n) is 3.69. The van der Waals surface area contributed by atoms with E-state index in [0.29, 0.717) is 18.7 Å². The summed E-state index contributed by atoms with van der Waals surface area (Å²) in [6.45, 7) is 5.66. The zero-order valence-electron chi connectivity index (χ0n) is 16.8. The predicted octanol–water partition coefficient (Wildman–Crippen LogP) is 1.98. The van der Waals surface area contributed by atoms with Crippen molar-refractivity contribution < 1.29 is 34.2 Å². The maximum absolute atomic E-state index is 12.5. The second kappa shape index (κ2) is 15.0. The number of rotatable bonds is 12. The number of ether oxygens (including phenoxy) is 1. The molecule has 3 atom stereocenters. The molecule has 1 saturated heterocycles. The van der Waals surface area contributed by atoms with E-state index in [9.17, 15) is 29.8 Å². The van der Waals surface area contributed by atoms with E-state index in [2.05, 4.69) is 9.68 Å². The maximum Gasteiger partial charge on any atom is 0.328 e. The third-order valence-corrected chi connectivity index (χ3v) is 6.31. The van der Waals surface area contributed by atoms with Crippen LogP contribution in [0.25, 0.3) is 0 Å². The van der Waals surface area contributed by atoms with Gasteiger partial charge in [0, 0.05) is 24.0 Å². The van der Waals surface area contributed by atoms with Crippen LogP contribution in [0.4, 0.5) is 0 Å². The zero-order valence-corrected chi connectivity index (χ0v) is 18.4. The molecule has 3 unspecified atom stereocenters. The van der Waals surface area contributed by atoms with E-state index >= 15 is 0 Å². The van der Waals surface area contributed by atoms with Crippen LogP contribution in [0, 0.1) is 26.1 Å². The van der Waals surface area contributed by atoms with Gasteiger partial charge in [-0.25, -0.2) is 4.79 Å². The van der Waals surface area contributed by atoms with Crippen LogP contribution >= 0.6 is 21.6 Å². The van der Waals surface area contributed by atoms with Gasteiger partial charge in [0.2, 0.25) is 5.91 Å². The number of nitrogens with zero attached hydrogens (tertiary/aromatic N) is 3. The Morgan fingerprint density at radius 3 is 2.34 bits per heavy atom. The van der Waals surface area contributed by atoms with Crippen LogP contribution in [0.1, 0.15) is 33.6 Å². The van der Waals surface area contributed by atoms with Crippen molar-refractivity contribution in [2.75, 3.05) is 31.8 Å². The van der Waals surface area contributed by atoms with Crippen molar-refractivity contribution in [1.29, 1.82) is 0 Å². The van der Waals surface area contributed by atoms with Gasteiger partial charge in [-0.15, -0.1) is 20.2 Å². The molecule has 29 heavy (non-hydrogen) atoms. The molecule has 1 aliphatic heterocycles. The van der Waals surface area contributed by atoms with E-state index in [0.717, 1.165) is 6.42 Å². The van der Waals surface area contributed by atoms with Crippen LogP contribution in [0.15, 0.2) is 0 Å². The summed E-state index contributed by atoms with van der Waals surface area (Å²) in [5.74, 6) is -0.506. The second-order valence-corrected chi connectivity index (χ2v) is 8.21. The van der Waals surface area contributed by atoms with Gasteiger partial charge in [-0.1, -0.05) is 42.4 Å². The first kappa shape index (κ1) is 27.0. The van der Waals surface area contributed by atoms with Gasteiger partial charge in [0.05, 0.1) is 7.11 Å². The van der Waals surface area contributed by atoms with Crippen LogP contribution in [-0.2, 0) is 24.0 Å². The summed E-state index contributed by atoms with van der Waals surface area (Å²) in [6.07, 6.45) is 0.205. The Kier molecular flexibility index (Phi) is 13.9. The molecule has 12 nitrogen and oxygen atoms in total. The number of carbonyl (C=O) groups excluding carboxylic acids is 2. The second-order valence-electron chi connectivity index (χ2n) is 5.65. The van der Waals surface area contributed by atoms with Crippen molar-refractivity contribution in [3.63, 3.8) is 0 Å². The summed E-state index contributed by atoms with van der Waals surface area (Å²) in [4.78, 5) is 54.8. The number of likely N-dealkylation sites (tertiary alicyclic amines) is 1. The van der Waals surface area contributed by atoms with Crippen LogP contribution in [0.2, 0.25) is 0 Å². The van der Waals surface area contributed by atoms with Crippen LogP contribution in [0.3, 0.4) is 0 Å². The Hall–Kier alpha value is -1.96. The molecule has 1 heterocycles. The fraction of sp³-hybridized carbons (Fsp3) is 0.867. The fourth-order valence-electron chi connectivity index (χ4n) is 2.41. The molecular weight excluding hydrogens is 430 g/mol. The summed E-state index contributed by atoms with van der Waals surface area (Å²) in [7, 11) is 3.74. The van der Waals surface area contributed by atoms with Crippen molar-refractivity contribution in [2.45, 2.75) is 45.8 Å². The van der Waals surface area contributed by atoms with Crippen molar-refractivity contribution in [3.05, 3.63) is 20.2 Å². The smallest absolute Gasteiger partial charge is 0.328 e. The van der Waals surface area contributed by atoms with Crippen molar-refractivity contribution in [3.8, 4) is 0 Å². The SMILES string of the molecule is CC.COC(=O)C1CCCN1C(=O)C(C)CSSCC(CO[N+](=O)[O-])O[N+](=O)[O-]. The number of esters is 1. The molecule has 1 aliphatic rings. The average Bonchev–Trinajstić information content (AvgIpc) is 3.18. The standard InChI is InChI=1S/C13H21N3O9S2.C2H6/c1-9(12(17)14-5-3-4-11(14)13(18)23-2)7-26-27-8-10(25-16(21)22)6-24-15(19)20;1-2/h9-11H,3-8H2,1-2H3;1-2H3. The number of hydrogen-bond acceptors (Lipinski definition) is 11. The summed E-state index contributed by atoms with van der Waals surface area (Å²) >= 11 is 0. The first-order valence-electron chi connectivity index (χ1n) is 8.97. The molecule has 0 radical (unpaired) electrons. The first-order valence-corrected chi connectivity index (χ1v) is 11.5. The number of methoxy groups -OCH3 is 1. The normalized spacial score (nSPS) is 17.4. The largest absolute Gasteiger partial charge is 0.467 e. The Morgan fingerprint density at radius 2 is 1.79 bits per heavy atom. The lowest BCUT2D eigenvalue weighted by Crippen LogP contribution is -2.43. The van der Waals surface area contributed by atoms with Crippen molar-refractivity contribution in [2.24, 2.45) is 5.92 Å². The first-order chi connectivity index (χ1) is 13.8. The fourth-order valence-corrected chi connectivity index (χ4v) is 4.91. The van der Waals surface area contributed by atoms with Gasteiger partial charge in [-0.05, 0) is 12.8 Å². The van der Waals surface area contributed by atoms with Gasteiger partial charge in [0.15, 0.2) is 0 Å². The lowest BCUT2D eigenvalue weighted by Gasteiger charge is -2.25. The Balaban J connectivity index is 0.00000379. The monoisotopic (exact) mass is 457 g/mol. The van der Waals surface area contributed by atoms with Gasteiger partial charge in [0.1, 0.15) is 18.8 Å². The average molecular weight is 458 g/mol. The minimum Gasteiger partial charge on any atom is -0.467 e. The molecule has 0 aliphatic carbocycles. The molecule has 1 rings (SSSR count). The van der Waals surface area contributed by atoms with Gasteiger partial charge < -0.3 is 19.3 Å². The lowest BCUT2D eigenvalue weighted by molar-refractivity contribution is -0.788. The molecule has 0 aromatic heterocycles. The Labute approximate surface area is 176 Å². The number of carbonyl (C=O) groups is 2. The van der Waals surface area contributed by atoms with E-state index in [-0.39, 0.29) is 17.6 Å². The summed E-state index contributed by atoms with van der Waals surface area (Å²) in [5.41, 5.74) is 0. The van der Waals surface area contributed by atoms with E-state index < -0.39 is 34.9 Å².